The lowest BCUT2D eigenvalue weighted by Crippen LogP contribution is -2.53. The molecule has 5 heteroatoms. The van der Waals surface area contributed by atoms with Crippen molar-refractivity contribution >= 4 is 11.8 Å². The highest BCUT2D eigenvalue weighted by molar-refractivity contribution is 5.88. The fourth-order valence-electron chi connectivity index (χ4n) is 2.95. The van der Waals surface area contributed by atoms with Crippen molar-refractivity contribution in [1.82, 2.24) is 10.6 Å². The number of nitrogens with one attached hydrogen (secondary N) is 2. The van der Waals surface area contributed by atoms with E-state index in [4.69, 9.17) is 4.74 Å². The van der Waals surface area contributed by atoms with Crippen molar-refractivity contribution in [2.24, 2.45) is 5.92 Å². The Balaban J connectivity index is 1.82. The summed E-state index contributed by atoms with van der Waals surface area (Å²) in [6.07, 6.45) is 5.62. The summed E-state index contributed by atoms with van der Waals surface area (Å²) < 4.78 is 5.43. The zero-order valence-corrected chi connectivity index (χ0v) is 14.6. The van der Waals surface area contributed by atoms with Crippen LogP contribution in [0.5, 0.6) is 5.75 Å². The van der Waals surface area contributed by atoms with Crippen LogP contribution in [0.25, 0.3) is 0 Å². The number of carbonyl (C=O) groups is 2. The summed E-state index contributed by atoms with van der Waals surface area (Å²) in [5, 5.41) is 5.89. The molecule has 0 bridgehead atoms. The second-order valence-corrected chi connectivity index (χ2v) is 6.73. The van der Waals surface area contributed by atoms with Crippen LogP contribution < -0.4 is 15.4 Å². The van der Waals surface area contributed by atoms with Crippen LogP contribution >= 0.6 is 0 Å². The molecule has 132 valence electrons. The molecule has 1 aromatic carbocycles. The Kier molecular flexibility index (Phi) is 7.09. The number of rotatable bonds is 7. The maximum atomic E-state index is 12.5. The smallest absolute Gasteiger partial charge is 0.258 e. The summed E-state index contributed by atoms with van der Waals surface area (Å²) >= 11 is 0. The number of para-hydroxylation sites is 1. The molecule has 5 nitrogen and oxygen atoms in total. The molecule has 0 spiro atoms. The number of ether oxygens (including phenoxy) is 1. The van der Waals surface area contributed by atoms with Crippen molar-refractivity contribution in [3.8, 4) is 5.75 Å². The first-order valence-corrected chi connectivity index (χ1v) is 8.84. The van der Waals surface area contributed by atoms with E-state index in [9.17, 15) is 9.59 Å². The first kappa shape index (κ1) is 18.3. The normalized spacial score (nSPS) is 16.5. The fraction of sp³-hybridized carbons (Fsp3) is 0.579. The zero-order valence-electron chi connectivity index (χ0n) is 14.6. The highest BCUT2D eigenvalue weighted by Gasteiger charge is 2.26. The van der Waals surface area contributed by atoms with Crippen LogP contribution in [0.4, 0.5) is 0 Å². The lowest BCUT2D eigenvalue weighted by Gasteiger charge is -2.27. The van der Waals surface area contributed by atoms with Crippen LogP contribution in [0.2, 0.25) is 0 Å². The Labute approximate surface area is 144 Å². The SMILES string of the molecule is CC(C)[C@H](NC(=O)COc1ccccc1)C(=O)NC1CCCCC1. The maximum absolute atomic E-state index is 12.5. The van der Waals surface area contributed by atoms with Crippen LogP contribution in [0.1, 0.15) is 46.0 Å². The summed E-state index contributed by atoms with van der Waals surface area (Å²) in [6.45, 7) is 3.77. The Morgan fingerprint density at radius 3 is 2.42 bits per heavy atom. The molecule has 1 fully saturated rings. The van der Waals surface area contributed by atoms with Crippen LogP contribution in [0.15, 0.2) is 30.3 Å². The van der Waals surface area contributed by atoms with E-state index in [1.807, 2.05) is 32.0 Å². The predicted molar refractivity (Wildman–Crippen MR) is 93.7 cm³/mol. The van der Waals surface area contributed by atoms with Gasteiger partial charge in [-0.05, 0) is 30.9 Å². The van der Waals surface area contributed by atoms with Crippen molar-refractivity contribution in [3.63, 3.8) is 0 Å². The second-order valence-electron chi connectivity index (χ2n) is 6.73. The number of carbonyl (C=O) groups excluding carboxylic acids is 2. The minimum atomic E-state index is -0.529. The lowest BCUT2D eigenvalue weighted by molar-refractivity contribution is -0.131. The third-order valence-corrected chi connectivity index (χ3v) is 4.33. The molecule has 0 unspecified atom stereocenters. The molecule has 0 aliphatic heterocycles. The third kappa shape index (κ3) is 5.87. The van der Waals surface area contributed by atoms with Crippen molar-refractivity contribution in [3.05, 3.63) is 30.3 Å². The molecule has 1 aromatic rings. The molecule has 24 heavy (non-hydrogen) atoms. The molecule has 2 amide bonds. The Hall–Kier alpha value is -2.04. The number of benzene rings is 1. The quantitative estimate of drug-likeness (QED) is 0.806. The van der Waals surface area contributed by atoms with Gasteiger partial charge >= 0.3 is 0 Å². The van der Waals surface area contributed by atoms with Gasteiger partial charge in [0.25, 0.3) is 5.91 Å². The van der Waals surface area contributed by atoms with E-state index in [1.54, 1.807) is 12.1 Å². The van der Waals surface area contributed by atoms with Gasteiger partial charge < -0.3 is 15.4 Å². The van der Waals surface area contributed by atoms with Crippen molar-refractivity contribution < 1.29 is 14.3 Å². The van der Waals surface area contributed by atoms with Gasteiger partial charge in [0.15, 0.2) is 6.61 Å². The molecule has 2 rings (SSSR count). The summed E-state index contributed by atoms with van der Waals surface area (Å²) in [5.74, 6) is 0.288. The highest BCUT2D eigenvalue weighted by atomic mass is 16.5. The Morgan fingerprint density at radius 1 is 1.12 bits per heavy atom. The van der Waals surface area contributed by atoms with Gasteiger partial charge in [-0.25, -0.2) is 0 Å². The Morgan fingerprint density at radius 2 is 1.79 bits per heavy atom. The van der Waals surface area contributed by atoms with Gasteiger partial charge in [-0.1, -0.05) is 51.3 Å². The largest absolute Gasteiger partial charge is 0.484 e. The van der Waals surface area contributed by atoms with Gasteiger partial charge in [-0.15, -0.1) is 0 Å². The molecular formula is C19H28N2O3. The van der Waals surface area contributed by atoms with Gasteiger partial charge in [-0.2, -0.15) is 0 Å². The number of amides is 2. The zero-order chi connectivity index (χ0) is 17.4. The van der Waals surface area contributed by atoms with Gasteiger partial charge in [0, 0.05) is 6.04 Å². The molecule has 1 aliphatic rings. The van der Waals surface area contributed by atoms with E-state index >= 15 is 0 Å². The van der Waals surface area contributed by atoms with Crippen molar-refractivity contribution in [2.45, 2.75) is 58.0 Å². The van der Waals surface area contributed by atoms with Gasteiger partial charge in [0.2, 0.25) is 5.91 Å². The van der Waals surface area contributed by atoms with E-state index in [-0.39, 0.29) is 30.4 Å². The van der Waals surface area contributed by atoms with E-state index in [0.29, 0.717) is 5.75 Å². The predicted octanol–water partition coefficient (Wildman–Crippen LogP) is 2.66. The summed E-state index contributed by atoms with van der Waals surface area (Å²) in [7, 11) is 0. The van der Waals surface area contributed by atoms with Gasteiger partial charge in [0.1, 0.15) is 11.8 Å². The van der Waals surface area contributed by atoms with Crippen LogP contribution in [0, 0.1) is 5.92 Å². The molecule has 0 heterocycles. The maximum Gasteiger partial charge on any atom is 0.258 e. The summed E-state index contributed by atoms with van der Waals surface area (Å²) in [5.41, 5.74) is 0. The van der Waals surface area contributed by atoms with Crippen molar-refractivity contribution in [2.75, 3.05) is 6.61 Å². The summed E-state index contributed by atoms with van der Waals surface area (Å²) in [6, 6.07) is 8.89. The molecule has 0 radical (unpaired) electrons. The standard InChI is InChI=1S/C19H28N2O3/c1-14(2)18(19(23)20-15-9-5-3-6-10-15)21-17(22)13-24-16-11-7-4-8-12-16/h4,7-8,11-12,14-15,18H,3,5-6,9-10,13H2,1-2H3,(H,20,23)(H,21,22)/t18-/m0/s1. The highest BCUT2D eigenvalue weighted by Crippen LogP contribution is 2.18. The Bertz CT molecular complexity index is 525. The lowest BCUT2D eigenvalue weighted by atomic mass is 9.94. The van der Waals surface area contributed by atoms with Gasteiger partial charge in [-0.3, -0.25) is 9.59 Å². The first-order chi connectivity index (χ1) is 11.6. The van der Waals surface area contributed by atoms with Crippen LogP contribution in [-0.4, -0.2) is 30.5 Å². The number of hydrogen-bond donors (Lipinski definition) is 2. The minimum absolute atomic E-state index is 0.0225. The summed E-state index contributed by atoms with van der Waals surface area (Å²) in [4.78, 5) is 24.6. The van der Waals surface area contributed by atoms with Crippen LogP contribution in [0.3, 0.4) is 0 Å². The molecular weight excluding hydrogens is 304 g/mol. The van der Waals surface area contributed by atoms with E-state index in [2.05, 4.69) is 10.6 Å². The third-order valence-electron chi connectivity index (χ3n) is 4.33. The topological polar surface area (TPSA) is 67.4 Å². The fourth-order valence-corrected chi connectivity index (χ4v) is 2.95. The molecule has 2 N–H and O–H groups in total. The van der Waals surface area contributed by atoms with Crippen molar-refractivity contribution in [1.29, 1.82) is 0 Å². The van der Waals surface area contributed by atoms with E-state index < -0.39 is 6.04 Å². The minimum Gasteiger partial charge on any atom is -0.484 e. The molecule has 1 saturated carbocycles. The number of hydrogen-bond acceptors (Lipinski definition) is 3. The monoisotopic (exact) mass is 332 g/mol. The molecule has 1 atom stereocenters. The van der Waals surface area contributed by atoms with E-state index in [1.165, 1.54) is 6.42 Å². The van der Waals surface area contributed by atoms with Gasteiger partial charge in [0.05, 0.1) is 0 Å². The first-order valence-electron chi connectivity index (χ1n) is 8.84. The molecule has 0 saturated heterocycles. The van der Waals surface area contributed by atoms with E-state index in [0.717, 1.165) is 25.7 Å². The second kappa shape index (κ2) is 9.30. The average Bonchev–Trinajstić information content (AvgIpc) is 2.59. The van der Waals surface area contributed by atoms with Crippen LogP contribution in [-0.2, 0) is 9.59 Å². The molecule has 1 aliphatic carbocycles. The average molecular weight is 332 g/mol. The molecule has 0 aromatic heterocycles.